The Balaban J connectivity index is 0.852. The monoisotopic (exact) mass is 1890 g/mol. The first-order valence-electron chi connectivity index (χ1n) is 45.0. The van der Waals surface area contributed by atoms with Gasteiger partial charge >= 0.3 is 60.3 Å². The van der Waals surface area contributed by atoms with Crippen LogP contribution in [0.1, 0.15) is 97.9 Å². The molecule has 0 bridgehead atoms. The molecule has 1 aliphatic carbocycles. The molecule has 34 nitrogen and oxygen atoms in total. The molecule has 0 spiro atoms. The number of aliphatic hydroxyl groups excluding tert-OH is 1. The molecule has 11 aromatic rings. The van der Waals surface area contributed by atoms with Crippen LogP contribution in [-0.4, -0.2) is 201 Å². The van der Waals surface area contributed by atoms with Gasteiger partial charge in [0, 0.05) is 5.56 Å². The van der Waals surface area contributed by atoms with Gasteiger partial charge in [0.25, 0.3) is 0 Å². The number of rotatable bonds is 34. The molecule has 718 valence electrons. The maximum absolute atomic E-state index is 15.6. The Morgan fingerprint density at radius 3 is 1.00 bits per heavy atom. The zero-order valence-corrected chi connectivity index (χ0v) is 74.5. The minimum absolute atomic E-state index is 0.0227. The number of alkyl carbamates (subject to hydrolysis) is 5. The average Bonchev–Trinajstić information content (AvgIpc) is 1.62. The summed E-state index contributed by atoms with van der Waals surface area (Å²) < 4.78 is 119. The number of amides is 5. The molecular formula is C105H99N5O29. The first-order valence-corrected chi connectivity index (χ1v) is 45.0. The Kier molecular flexibility index (Phi) is 33.4. The van der Waals surface area contributed by atoms with Gasteiger partial charge in [-0.05, 0) is 94.9 Å². The standard InChI is InChI=1S/C105H99N5O29/c111-58-79-86(138-98-81(109-104(120)126-62-68-40-18-4-19-41-68)88(133-94(114)72-48-26-8-27-49-72)85(132-93(113)71-46-24-7-25-47-71)78(128-98)57-106-101(117)123-59-65-34-12-1-13-35-65)91(135-96(116)74-52-30-10-31-53-74)100(129-79)139-90-83(131-92(112)70-44-22-6-23-45-70)76(107-102(118)124-60-66-36-14-2-15-37-66)56-77(108-103(119)125-61-67-38-16-3-17-39-67)84(90)136-99-82(110-105(121)127-63-69-42-20-5-21-43-69)89(134-95(115)73-50-28-9-29-51-73)87-80(130-99)64-122-97(137-87)75-54-32-11-33-55-75/h1-55,76-91,97-100,111H,56-64H2,(H,106,117)(H,107,118)(H,108,119)(H,109,120)(H,110,121). The van der Waals surface area contributed by atoms with E-state index in [1.807, 2.05) is 0 Å². The molecule has 0 aromatic heterocycles. The van der Waals surface area contributed by atoms with Crippen LogP contribution in [0.4, 0.5) is 24.0 Å². The number of ether oxygens (including phenoxy) is 18. The molecule has 20 unspecified atom stereocenters. The SMILES string of the molecule is O=C(NCC1OC(OC2C(CO)OC(OC3C(OC(=O)c4ccccc4)C(NC(=O)OCc4ccccc4)CC(NC(=O)OCc4ccccc4)C3OC3OC4COC(c5ccccc5)OC4C(OC(=O)c4ccccc4)C3NC(=O)OCc3ccccc3)C2OC(=O)c2ccccc2)C(NC(=O)OCc2ccccc2)C(OC(=O)c2ccccc2)C1OC(=O)c1ccccc1)OCc1ccccc1. The van der Waals surface area contributed by atoms with Crippen LogP contribution in [0.25, 0.3) is 0 Å². The lowest BCUT2D eigenvalue weighted by Gasteiger charge is -2.51. The highest BCUT2D eigenvalue weighted by molar-refractivity contribution is 5.92. The summed E-state index contributed by atoms with van der Waals surface area (Å²) in [6.07, 6.45) is -36.2. The van der Waals surface area contributed by atoms with Gasteiger partial charge < -0.3 is 117 Å². The summed E-state index contributed by atoms with van der Waals surface area (Å²) in [6, 6.07) is 82.9. The Labute approximate surface area is 797 Å². The predicted molar refractivity (Wildman–Crippen MR) is 489 cm³/mol. The highest BCUT2D eigenvalue weighted by atomic mass is 16.8. The second kappa shape index (κ2) is 48.0. The topological polar surface area (TPSA) is 417 Å². The number of esters is 5. The van der Waals surface area contributed by atoms with Crippen molar-refractivity contribution in [2.75, 3.05) is 19.8 Å². The molecule has 5 fully saturated rings. The van der Waals surface area contributed by atoms with Gasteiger partial charge in [-0.2, -0.15) is 0 Å². The van der Waals surface area contributed by atoms with E-state index >= 15 is 38.4 Å². The Bertz CT molecular complexity index is 5860. The molecule has 4 aliphatic heterocycles. The largest absolute Gasteiger partial charge is 0.454 e. The molecule has 4 saturated heterocycles. The van der Waals surface area contributed by atoms with Crippen molar-refractivity contribution in [3.8, 4) is 0 Å². The van der Waals surface area contributed by atoms with E-state index in [4.69, 9.17) is 85.3 Å². The Hall–Kier alpha value is -15.2. The predicted octanol–water partition coefficient (Wildman–Crippen LogP) is 13.1. The molecule has 5 aliphatic rings. The molecule has 34 heteroatoms. The highest BCUT2D eigenvalue weighted by Crippen LogP contribution is 2.42. The molecule has 16 rings (SSSR count). The summed E-state index contributed by atoms with van der Waals surface area (Å²) >= 11 is 0. The van der Waals surface area contributed by atoms with Gasteiger partial charge in [-0.25, -0.2) is 47.9 Å². The number of aliphatic hydroxyl groups is 1. The van der Waals surface area contributed by atoms with Crippen molar-refractivity contribution in [3.63, 3.8) is 0 Å². The second-order valence-corrected chi connectivity index (χ2v) is 32.7. The van der Waals surface area contributed by atoms with Gasteiger partial charge in [0.2, 0.25) is 0 Å². The van der Waals surface area contributed by atoms with Crippen molar-refractivity contribution in [2.24, 2.45) is 0 Å². The summed E-state index contributed by atoms with van der Waals surface area (Å²) in [5.41, 5.74) is 3.01. The van der Waals surface area contributed by atoms with Crippen molar-refractivity contribution in [2.45, 2.75) is 162 Å². The lowest BCUT2D eigenvalue weighted by Crippen LogP contribution is -2.71. The summed E-state index contributed by atoms with van der Waals surface area (Å²) in [5, 5.41) is 26.3. The van der Waals surface area contributed by atoms with Crippen LogP contribution in [0.5, 0.6) is 0 Å². The third-order valence-electron chi connectivity index (χ3n) is 23.3. The van der Waals surface area contributed by atoms with Gasteiger partial charge in [0.1, 0.15) is 87.8 Å². The Morgan fingerprint density at radius 1 is 0.288 bits per heavy atom. The lowest BCUT2D eigenvalue weighted by atomic mass is 9.83. The minimum Gasteiger partial charge on any atom is -0.454 e. The number of benzene rings is 11. The maximum atomic E-state index is 15.6. The van der Waals surface area contributed by atoms with Crippen LogP contribution < -0.4 is 26.6 Å². The van der Waals surface area contributed by atoms with E-state index in [-0.39, 0.29) is 67.5 Å². The molecule has 4 heterocycles. The fourth-order valence-electron chi connectivity index (χ4n) is 16.4. The molecule has 6 N–H and O–H groups in total. The van der Waals surface area contributed by atoms with E-state index in [2.05, 4.69) is 26.6 Å². The first kappa shape index (κ1) is 96.9. The molecule has 5 amide bonds. The normalized spacial score (nSPS) is 24.5. The lowest BCUT2D eigenvalue weighted by molar-refractivity contribution is -0.357. The minimum atomic E-state index is -2.26. The smallest absolute Gasteiger partial charge is 0.407 e. The first-order chi connectivity index (χ1) is 68.0. The number of hydrogen-bond acceptors (Lipinski definition) is 29. The van der Waals surface area contributed by atoms with Crippen LogP contribution in [0.15, 0.2) is 334 Å². The number of fused-ring (bicyclic) bond motifs is 1. The van der Waals surface area contributed by atoms with Crippen LogP contribution in [0, 0.1) is 0 Å². The summed E-state index contributed by atoms with van der Waals surface area (Å²) in [5.74, 6) is -5.25. The number of carbonyl (C=O) groups is 10. The van der Waals surface area contributed by atoms with Gasteiger partial charge in [0.05, 0.1) is 59.7 Å². The highest BCUT2D eigenvalue weighted by Gasteiger charge is 2.62. The van der Waals surface area contributed by atoms with Gasteiger partial charge in [-0.1, -0.05) is 273 Å². The zero-order chi connectivity index (χ0) is 96.2. The van der Waals surface area contributed by atoms with Crippen molar-refractivity contribution in [1.82, 2.24) is 26.6 Å². The quantitative estimate of drug-likeness (QED) is 0.0161. The molecule has 20 atom stereocenters. The van der Waals surface area contributed by atoms with E-state index in [0.29, 0.717) is 33.4 Å². The molecule has 139 heavy (non-hydrogen) atoms. The molecule has 1 saturated carbocycles. The fraction of sp³-hybridized carbons (Fsp3) is 0.276. The van der Waals surface area contributed by atoms with Gasteiger partial charge in [-0.3, -0.25) is 0 Å². The summed E-state index contributed by atoms with van der Waals surface area (Å²) in [4.78, 5) is 151. The third kappa shape index (κ3) is 26.1. The summed E-state index contributed by atoms with van der Waals surface area (Å²) in [6.45, 7) is -3.77. The molecular weight excluding hydrogens is 1800 g/mol. The number of carbonyl (C=O) groups excluding carboxylic acids is 10. The fourth-order valence-corrected chi connectivity index (χ4v) is 16.4. The van der Waals surface area contributed by atoms with Crippen molar-refractivity contribution < 1.29 is 138 Å². The van der Waals surface area contributed by atoms with Crippen LogP contribution in [0.2, 0.25) is 0 Å². The zero-order valence-electron chi connectivity index (χ0n) is 74.5. The van der Waals surface area contributed by atoms with Crippen molar-refractivity contribution in [1.29, 1.82) is 0 Å². The van der Waals surface area contributed by atoms with Crippen LogP contribution in [-0.2, 0) is 118 Å². The Morgan fingerprint density at radius 2 is 0.597 bits per heavy atom. The van der Waals surface area contributed by atoms with Gasteiger partial charge in [0.15, 0.2) is 55.7 Å². The van der Waals surface area contributed by atoms with Crippen LogP contribution >= 0.6 is 0 Å². The number of hydrogen-bond donors (Lipinski definition) is 6. The molecule has 0 radical (unpaired) electrons. The molecule has 11 aromatic carbocycles. The van der Waals surface area contributed by atoms with Crippen molar-refractivity contribution >= 4 is 60.3 Å². The van der Waals surface area contributed by atoms with Crippen LogP contribution in [0.3, 0.4) is 0 Å². The van der Waals surface area contributed by atoms with Crippen molar-refractivity contribution in [3.05, 3.63) is 395 Å². The second-order valence-electron chi connectivity index (χ2n) is 32.7. The third-order valence-corrected chi connectivity index (χ3v) is 23.3. The number of nitrogens with one attached hydrogen (secondary N) is 5. The summed E-state index contributed by atoms with van der Waals surface area (Å²) in [7, 11) is 0. The van der Waals surface area contributed by atoms with E-state index in [9.17, 15) is 14.7 Å². The van der Waals surface area contributed by atoms with Gasteiger partial charge in [-0.15, -0.1) is 0 Å². The van der Waals surface area contributed by atoms with E-state index in [0.717, 1.165) is 0 Å². The average molecular weight is 1890 g/mol. The maximum Gasteiger partial charge on any atom is 0.407 e. The van der Waals surface area contributed by atoms with E-state index in [1.165, 1.54) is 72.8 Å². The van der Waals surface area contributed by atoms with E-state index < -0.39 is 202 Å². The van der Waals surface area contributed by atoms with E-state index in [1.54, 1.807) is 261 Å².